The number of imidazole rings is 1. The molecule has 0 bridgehead atoms. The number of alkyl halides is 3. The summed E-state index contributed by atoms with van der Waals surface area (Å²) in [6, 6.07) is 8.12. The second kappa shape index (κ2) is 6.93. The molecule has 5 nitrogen and oxygen atoms in total. The number of thioether (sulfide) groups is 1. The minimum atomic E-state index is -4.55. The molecule has 0 atom stereocenters. The highest BCUT2D eigenvalue weighted by molar-refractivity contribution is 7.99. The van der Waals surface area contributed by atoms with Crippen molar-refractivity contribution in [3.63, 3.8) is 0 Å². The lowest BCUT2D eigenvalue weighted by Crippen LogP contribution is -2.16. The molecule has 1 amide bonds. The van der Waals surface area contributed by atoms with Crippen molar-refractivity contribution in [1.29, 1.82) is 0 Å². The van der Waals surface area contributed by atoms with Crippen molar-refractivity contribution in [2.75, 3.05) is 11.1 Å². The molecule has 0 saturated heterocycles. The Bertz CT molecular complexity index is 896. The molecule has 0 unspecified atom stereocenters. The number of nitrogens with one attached hydrogen (secondary N) is 2. The number of aromatic nitrogens is 3. The molecule has 2 heterocycles. The number of anilines is 1. The molecule has 0 saturated carbocycles. The summed E-state index contributed by atoms with van der Waals surface area (Å²) in [5, 5.41) is 2.66. The molecule has 3 rings (SSSR count). The highest BCUT2D eigenvalue weighted by Gasteiger charge is 2.31. The van der Waals surface area contributed by atoms with Crippen LogP contribution in [0.25, 0.3) is 11.0 Å². The molecular formula is C15H10ClF3N4OS. The van der Waals surface area contributed by atoms with Crippen molar-refractivity contribution >= 4 is 46.1 Å². The molecule has 130 valence electrons. The Morgan fingerprint density at radius 3 is 2.76 bits per heavy atom. The first-order chi connectivity index (χ1) is 11.8. The maximum Gasteiger partial charge on any atom is 0.417 e. The van der Waals surface area contributed by atoms with Crippen LogP contribution in [0.1, 0.15) is 5.56 Å². The summed E-state index contributed by atoms with van der Waals surface area (Å²) in [4.78, 5) is 22.9. The number of hydrogen-bond acceptors (Lipinski definition) is 4. The minimum Gasteiger partial charge on any atom is -0.333 e. The van der Waals surface area contributed by atoms with Gasteiger partial charge in [0.25, 0.3) is 0 Å². The fraction of sp³-hybridized carbons (Fsp3) is 0.133. The Kier molecular flexibility index (Phi) is 4.87. The van der Waals surface area contributed by atoms with Gasteiger partial charge in [0.15, 0.2) is 11.0 Å². The molecule has 10 heteroatoms. The van der Waals surface area contributed by atoms with Crippen molar-refractivity contribution in [2.24, 2.45) is 0 Å². The quantitative estimate of drug-likeness (QED) is 0.653. The molecule has 0 spiro atoms. The highest BCUT2D eigenvalue weighted by Crippen LogP contribution is 2.32. The summed E-state index contributed by atoms with van der Waals surface area (Å²) in [6.45, 7) is 0. The number of carbonyl (C=O) groups excluding carboxylic acids is 1. The first kappa shape index (κ1) is 17.6. The molecule has 25 heavy (non-hydrogen) atoms. The Balaban J connectivity index is 1.62. The number of pyridine rings is 1. The third kappa shape index (κ3) is 4.23. The van der Waals surface area contributed by atoms with Gasteiger partial charge in [-0.1, -0.05) is 35.5 Å². The zero-order chi connectivity index (χ0) is 18.0. The predicted octanol–water partition coefficient (Wildman–Crippen LogP) is 4.36. The van der Waals surface area contributed by atoms with Gasteiger partial charge in [-0.25, -0.2) is 9.97 Å². The number of rotatable bonds is 4. The molecule has 0 aliphatic rings. The van der Waals surface area contributed by atoms with Gasteiger partial charge in [-0.3, -0.25) is 4.79 Å². The van der Waals surface area contributed by atoms with Gasteiger partial charge in [0.1, 0.15) is 0 Å². The summed E-state index contributed by atoms with van der Waals surface area (Å²) in [7, 11) is 0. The van der Waals surface area contributed by atoms with Crippen molar-refractivity contribution in [2.45, 2.75) is 11.3 Å². The lowest BCUT2D eigenvalue weighted by Gasteiger charge is -2.09. The molecule has 2 aromatic heterocycles. The zero-order valence-corrected chi connectivity index (χ0v) is 14.0. The number of amides is 1. The van der Waals surface area contributed by atoms with Crippen molar-refractivity contribution in [1.82, 2.24) is 15.0 Å². The number of halogens is 4. The van der Waals surface area contributed by atoms with Crippen LogP contribution in [0.4, 0.5) is 19.0 Å². The fourth-order valence-corrected chi connectivity index (χ4v) is 2.88. The zero-order valence-electron chi connectivity index (χ0n) is 12.4. The lowest BCUT2D eigenvalue weighted by molar-refractivity contribution is -0.137. The van der Waals surface area contributed by atoms with Crippen LogP contribution in [0, 0.1) is 0 Å². The number of para-hydroxylation sites is 2. The number of carbonyl (C=O) groups is 1. The van der Waals surface area contributed by atoms with Crippen LogP contribution in [-0.2, 0) is 11.0 Å². The average molecular weight is 387 g/mol. The highest BCUT2D eigenvalue weighted by atomic mass is 35.5. The van der Waals surface area contributed by atoms with E-state index in [9.17, 15) is 18.0 Å². The first-order valence-electron chi connectivity index (χ1n) is 6.93. The van der Waals surface area contributed by atoms with E-state index in [0.717, 1.165) is 28.9 Å². The van der Waals surface area contributed by atoms with E-state index in [1.807, 2.05) is 24.3 Å². The third-order valence-electron chi connectivity index (χ3n) is 3.13. The number of aromatic amines is 1. The van der Waals surface area contributed by atoms with Gasteiger partial charge in [0, 0.05) is 6.20 Å². The van der Waals surface area contributed by atoms with E-state index >= 15 is 0 Å². The number of H-pyrrole nitrogens is 1. The molecular weight excluding hydrogens is 377 g/mol. The van der Waals surface area contributed by atoms with Crippen LogP contribution in [0.15, 0.2) is 41.7 Å². The van der Waals surface area contributed by atoms with Gasteiger partial charge in [-0.2, -0.15) is 13.2 Å². The molecule has 0 aliphatic heterocycles. The lowest BCUT2D eigenvalue weighted by atomic mass is 10.3. The van der Waals surface area contributed by atoms with Gasteiger partial charge in [0.2, 0.25) is 5.91 Å². The summed E-state index contributed by atoms with van der Waals surface area (Å²) in [6.07, 6.45) is -3.93. The van der Waals surface area contributed by atoms with Crippen molar-refractivity contribution < 1.29 is 18.0 Å². The number of hydrogen-bond donors (Lipinski definition) is 2. The van der Waals surface area contributed by atoms with Crippen LogP contribution < -0.4 is 5.32 Å². The average Bonchev–Trinajstić information content (AvgIpc) is 2.97. The van der Waals surface area contributed by atoms with Crippen LogP contribution in [0.2, 0.25) is 5.02 Å². The molecule has 0 fully saturated rings. The van der Waals surface area contributed by atoms with Crippen molar-refractivity contribution in [3.8, 4) is 0 Å². The van der Waals surface area contributed by atoms with Gasteiger partial charge in [-0.05, 0) is 18.2 Å². The summed E-state index contributed by atoms with van der Waals surface area (Å²) in [5.41, 5.74) is 0.642. The first-order valence-corrected chi connectivity index (χ1v) is 8.29. The Hall–Kier alpha value is -2.26. The largest absolute Gasteiger partial charge is 0.417 e. The Labute approximate surface area is 149 Å². The second-order valence-electron chi connectivity index (χ2n) is 4.95. The Morgan fingerprint density at radius 2 is 2.08 bits per heavy atom. The smallest absolute Gasteiger partial charge is 0.333 e. The van der Waals surface area contributed by atoms with Crippen molar-refractivity contribution in [3.05, 3.63) is 47.1 Å². The van der Waals surface area contributed by atoms with E-state index in [0.29, 0.717) is 11.4 Å². The SMILES string of the molecule is O=C(CSc1nc2ccccc2[nH]1)Nc1ncc(C(F)(F)F)cc1Cl. The number of fused-ring (bicyclic) bond motifs is 1. The molecule has 1 aromatic carbocycles. The van der Waals surface area contributed by atoms with Gasteiger partial charge in [0.05, 0.1) is 27.4 Å². The number of benzene rings is 1. The minimum absolute atomic E-state index is 0.00114. The maximum absolute atomic E-state index is 12.6. The Morgan fingerprint density at radius 1 is 1.32 bits per heavy atom. The number of nitrogens with zero attached hydrogens (tertiary/aromatic N) is 2. The summed E-state index contributed by atoms with van der Waals surface area (Å²) < 4.78 is 37.7. The monoisotopic (exact) mass is 386 g/mol. The van der Waals surface area contributed by atoms with E-state index in [-0.39, 0.29) is 16.6 Å². The molecule has 3 aromatic rings. The van der Waals surface area contributed by atoms with Crippen LogP contribution >= 0.6 is 23.4 Å². The van der Waals surface area contributed by atoms with E-state index in [4.69, 9.17) is 11.6 Å². The van der Waals surface area contributed by atoms with Crippen LogP contribution in [0.5, 0.6) is 0 Å². The second-order valence-corrected chi connectivity index (χ2v) is 6.32. The fourth-order valence-electron chi connectivity index (χ4n) is 1.98. The van der Waals surface area contributed by atoms with E-state index in [1.165, 1.54) is 0 Å². The standard InChI is InChI=1S/C15H10ClF3N4OS/c16-9-5-8(15(17,18)19)6-20-13(9)23-12(24)7-25-14-21-10-3-1-2-4-11(10)22-14/h1-6H,7H2,(H,21,22)(H,20,23,24). The van der Waals surface area contributed by atoms with Crippen LogP contribution in [-0.4, -0.2) is 26.6 Å². The maximum atomic E-state index is 12.6. The van der Waals surface area contributed by atoms with Gasteiger partial charge < -0.3 is 10.3 Å². The van der Waals surface area contributed by atoms with Crippen LogP contribution in [0.3, 0.4) is 0 Å². The summed E-state index contributed by atoms with van der Waals surface area (Å²) >= 11 is 6.90. The molecule has 0 radical (unpaired) electrons. The van der Waals surface area contributed by atoms with E-state index in [1.54, 1.807) is 0 Å². The normalized spacial score (nSPS) is 11.7. The topological polar surface area (TPSA) is 70.7 Å². The molecule has 2 N–H and O–H groups in total. The predicted molar refractivity (Wildman–Crippen MR) is 89.7 cm³/mol. The molecule has 0 aliphatic carbocycles. The van der Waals surface area contributed by atoms with E-state index < -0.39 is 17.6 Å². The summed E-state index contributed by atoms with van der Waals surface area (Å²) in [5.74, 6) is -0.580. The van der Waals surface area contributed by atoms with Gasteiger partial charge >= 0.3 is 6.18 Å². The van der Waals surface area contributed by atoms with E-state index in [2.05, 4.69) is 20.3 Å². The van der Waals surface area contributed by atoms with Gasteiger partial charge in [-0.15, -0.1) is 0 Å². The third-order valence-corrected chi connectivity index (χ3v) is 4.30.